The number of oxazole rings is 2. The average Bonchev–Trinajstić information content (AvgIpc) is 3.42. The van der Waals surface area contributed by atoms with E-state index in [1.54, 1.807) is 0 Å². The molecule has 2 aromatic heterocycles. The molecule has 0 bridgehead atoms. The molecule has 0 saturated heterocycles. The average molecular weight is 546 g/mol. The third kappa shape index (κ3) is 3.55. The van der Waals surface area contributed by atoms with Gasteiger partial charge < -0.3 is 8.83 Å². The number of benzene rings is 4. The van der Waals surface area contributed by atoms with Crippen LogP contribution in [0.3, 0.4) is 0 Å². The third-order valence-corrected chi connectivity index (χ3v) is 6.13. The molecule has 0 N–H and O–H groups in total. The van der Waals surface area contributed by atoms with E-state index >= 15 is 0 Å². The highest BCUT2D eigenvalue weighted by molar-refractivity contribution is 9.10. The van der Waals surface area contributed by atoms with Crippen molar-refractivity contribution in [1.82, 2.24) is 9.97 Å². The fraction of sp³-hybridized carbons (Fsp3) is 0. The van der Waals surface area contributed by atoms with Gasteiger partial charge in [0, 0.05) is 20.1 Å². The van der Waals surface area contributed by atoms with Crippen LogP contribution in [0.5, 0.6) is 0 Å². The van der Waals surface area contributed by atoms with Gasteiger partial charge >= 0.3 is 0 Å². The lowest BCUT2D eigenvalue weighted by Crippen LogP contribution is -1.86. The van der Waals surface area contributed by atoms with Crippen LogP contribution in [0.2, 0.25) is 0 Å². The maximum absolute atomic E-state index is 5.98. The van der Waals surface area contributed by atoms with Crippen molar-refractivity contribution in [3.8, 4) is 34.0 Å². The van der Waals surface area contributed by atoms with Gasteiger partial charge in [0.1, 0.15) is 11.0 Å². The highest BCUT2D eigenvalue weighted by Crippen LogP contribution is 2.35. The van der Waals surface area contributed by atoms with Crippen molar-refractivity contribution in [2.24, 2.45) is 0 Å². The second-order valence-corrected chi connectivity index (χ2v) is 9.26. The SMILES string of the molecule is Brc1cc(-c2cc(Br)cc(-c3nc4ccccc4o3)c2)cc(-c2nc3ccccc3o2)c1. The minimum absolute atomic E-state index is 0.586. The number of hydrogen-bond acceptors (Lipinski definition) is 4. The van der Waals surface area contributed by atoms with Gasteiger partial charge in [0.15, 0.2) is 11.2 Å². The van der Waals surface area contributed by atoms with Crippen molar-refractivity contribution in [3.05, 3.63) is 93.9 Å². The summed E-state index contributed by atoms with van der Waals surface area (Å²) >= 11 is 7.29. The van der Waals surface area contributed by atoms with Crippen molar-refractivity contribution in [1.29, 1.82) is 0 Å². The van der Waals surface area contributed by atoms with Gasteiger partial charge in [-0.3, -0.25) is 0 Å². The van der Waals surface area contributed by atoms with E-state index in [0.29, 0.717) is 11.8 Å². The number of aromatic nitrogens is 2. The molecule has 32 heavy (non-hydrogen) atoms. The molecule has 0 saturated carbocycles. The predicted octanol–water partition coefficient (Wildman–Crippen LogP) is 8.49. The summed E-state index contributed by atoms with van der Waals surface area (Å²) in [6.07, 6.45) is 0. The molecule has 0 unspecified atom stereocenters. The Morgan fingerprint density at radius 3 is 1.34 bits per heavy atom. The Morgan fingerprint density at radius 2 is 0.906 bits per heavy atom. The molecule has 0 aliphatic rings. The van der Waals surface area contributed by atoms with Crippen molar-refractivity contribution < 1.29 is 8.83 Å². The molecule has 0 spiro atoms. The van der Waals surface area contributed by atoms with Crippen LogP contribution in [0, 0.1) is 0 Å². The van der Waals surface area contributed by atoms with Gasteiger partial charge in [0.25, 0.3) is 0 Å². The van der Waals surface area contributed by atoms with Gasteiger partial charge in [-0.2, -0.15) is 0 Å². The van der Waals surface area contributed by atoms with Gasteiger partial charge in [0.05, 0.1) is 0 Å². The first kappa shape index (κ1) is 19.5. The number of rotatable bonds is 3. The molecule has 6 rings (SSSR count). The van der Waals surface area contributed by atoms with Gasteiger partial charge in [-0.1, -0.05) is 56.1 Å². The number of hydrogen-bond donors (Lipinski definition) is 0. The van der Waals surface area contributed by atoms with Crippen LogP contribution < -0.4 is 0 Å². The maximum atomic E-state index is 5.98. The summed E-state index contributed by atoms with van der Waals surface area (Å²) < 4.78 is 13.8. The maximum Gasteiger partial charge on any atom is 0.227 e. The molecule has 154 valence electrons. The number of halogens is 2. The van der Waals surface area contributed by atoms with Gasteiger partial charge in [-0.25, -0.2) is 9.97 Å². The first-order chi connectivity index (χ1) is 15.6. The zero-order chi connectivity index (χ0) is 21.7. The van der Waals surface area contributed by atoms with Crippen LogP contribution in [0.1, 0.15) is 0 Å². The molecule has 4 aromatic carbocycles. The van der Waals surface area contributed by atoms with Crippen molar-refractivity contribution in [2.75, 3.05) is 0 Å². The summed E-state index contributed by atoms with van der Waals surface area (Å²) in [6.45, 7) is 0. The van der Waals surface area contributed by atoms with Crippen molar-refractivity contribution >= 4 is 54.1 Å². The summed E-state index contributed by atoms with van der Waals surface area (Å²) in [6, 6.07) is 27.8. The van der Waals surface area contributed by atoms with E-state index in [4.69, 9.17) is 8.83 Å². The summed E-state index contributed by atoms with van der Waals surface area (Å²) in [7, 11) is 0. The van der Waals surface area contributed by atoms with Crippen LogP contribution in [-0.4, -0.2) is 9.97 Å². The smallest absolute Gasteiger partial charge is 0.227 e. The van der Waals surface area contributed by atoms with E-state index in [-0.39, 0.29) is 0 Å². The summed E-state index contributed by atoms with van der Waals surface area (Å²) in [4.78, 5) is 9.29. The normalized spacial score (nSPS) is 11.4. The molecule has 4 nitrogen and oxygen atoms in total. The van der Waals surface area contributed by atoms with Gasteiger partial charge in [0.2, 0.25) is 11.8 Å². The molecule has 6 heteroatoms. The van der Waals surface area contributed by atoms with Crippen LogP contribution >= 0.6 is 31.9 Å². The topological polar surface area (TPSA) is 52.1 Å². The second-order valence-electron chi connectivity index (χ2n) is 7.43. The summed E-state index contributed by atoms with van der Waals surface area (Å²) in [5.74, 6) is 1.17. The first-order valence-electron chi connectivity index (χ1n) is 9.96. The lowest BCUT2D eigenvalue weighted by molar-refractivity contribution is 0.619. The minimum Gasteiger partial charge on any atom is -0.436 e. The van der Waals surface area contributed by atoms with E-state index in [0.717, 1.165) is 53.4 Å². The zero-order valence-electron chi connectivity index (χ0n) is 16.5. The molecular weight excluding hydrogens is 532 g/mol. The predicted molar refractivity (Wildman–Crippen MR) is 133 cm³/mol. The van der Waals surface area contributed by atoms with E-state index in [9.17, 15) is 0 Å². The van der Waals surface area contributed by atoms with E-state index in [1.165, 1.54) is 0 Å². The zero-order valence-corrected chi connectivity index (χ0v) is 19.7. The number of para-hydroxylation sites is 4. The van der Waals surface area contributed by atoms with Crippen molar-refractivity contribution in [3.63, 3.8) is 0 Å². The second kappa shape index (κ2) is 7.73. The van der Waals surface area contributed by atoms with E-state index in [2.05, 4.69) is 66.1 Å². The Balaban J connectivity index is 1.46. The molecule has 6 aromatic rings. The van der Waals surface area contributed by atoms with Crippen LogP contribution in [0.15, 0.2) is 103 Å². The number of fused-ring (bicyclic) bond motifs is 2. The Labute approximate surface area is 200 Å². The monoisotopic (exact) mass is 544 g/mol. The lowest BCUT2D eigenvalue weighted by Gasteiger charge is -2.08. The fourth-order valence-electron chi connectivity index (χ4n) is 3.75. The van der Waals surface area contributed by atoms with E-state index in [1.807, 2.05) is 60.7 Å². The largest absolute Gasteiger partial charge is 0.436 e. The quantitative estimate of drug-likeness (QED) is 0.224. The molecule has 0 radical (unpaired) electrons. The molecule has 0 amide bonds. The van der Waals surface area contributed by atoms with Gasteiger partial charge in [-0.15, -0.1) is 0 Å². The number of nitrogens with zero attached hydrogens (tertiary/aromatic N) is 2. The minimum atomic E-state index is 0.586. The van der Waals surface area contributed by atoms with E-state index < -0.39 is 0 Å². The summed E-state index contributed by atoms with van der Waals surface area (Å²) in [5, 5.41) is 0. The van der Waals surface area contributed by atoms with Crippen LogP contribution in [0.4, 0.5) is 0 Å². The molecular formula is C26H14Br2N2O2. The standard InChI is InChI=1S/C26H14Br2N2O2/c27-19-11-15(9-17(13-19)25-29-21-5-1-3-7-23(21)31-25)16-10-18(14-20(28)12-16)26-30-22-6-2-4-8-24(22)32-26/h1-14H. The van der Waals surface area contributed by atoms with Gasteiger partial charge in [-0.05, 0) is 71.8 Å². The molecule has 0 atom stereocenters. The molecule has 0 aliphatic heterocycles. The third-order valence-electron chi connectivity index (χ3n) is 5.21. The Morgan fingerprint density at radius 1 is 0.500 bits per heavy atom. The fourth-order valence-corrected chi connectivity index (χ4v) is 4.74. The van der Waals surface area contributed by atoms with Crippen molar-refractivity contribution in [2.45, 2.75) is 0 Å². The highest BCUT2D eigenvalue weighted by atomic mass is 79.9. The Bertz CT molecular complexity index is 1430. The molecule has 0 fully saturated rings. The Kier molecular flexibility index (Phi) is 4.70. The molecule has 0 aliphatic carbocycles. The lowest BCUT2D eigenvalue weighted by atomic mass is 10.0. The highest BCUT2D eigenvalue weighted by Gasteiger charge is 2.14. The van der Waals surface area contributed by atoms with Crippen LogP contribution in [-0.2, 0) is 0 Å². The summed E-state index contributed by atoms with van der Waals surface area (Å²) in [5.41, 5.74) is 7.05. The molecule has 2 heterocycles. The van der Waals surface area contributed by atoms with Crippen LogP contribution in [0.25, 0.3) is 56.2 Å². The Hall–Kier alpha value is -3.22. The first-order valence-corrected chi connectivity index (χ1v) is 11.5.